The summed E-state index contributed by atoms with van der Waals surface area (Å²) in [6.45, 7) is 2.98. The molecule has 1 atom stereocenters. The molecule has 0 heterocycles. The highest BCUT2D eigenvalue weighted by Gasteiger charge is 2.35. The second-order valence-electron chi connectivity index (χ2n) is 9.11. The van der Waals surface area contributed by atoms with Crippen LogP contribution in [0.5, 0.6) is 5.75 Å². The van der Waals surface area contributed by atoms with Crippen molar-refractivity contribution in [2.24, 2.45) is 0 Å². The summed E-state index contributed by atoms with van der Waals surface area (Å²) in [6, 6.07) is 17.0. The van der Waals surface area contributed by atoms with Gasteiger partial charge in [0.25, 0.3) is 0 Å². The van der Waals surface area contributed by atoms with Gasteiger partial charge in [-0.15, -0.1) is 0 Å². The molecule has 3 aromatic carbocycles. The van der Waals surface area contributed by atoms with E-state index in [1.807, 2.05) is 42.2 Å². The number of halogens is 4. The Morgan fingerprint density at radius 3 is 2.37 bits per heavy atom. The minimum atomic E-state index is -4.79. The van der Waals surface area contributed by atoms with Crippen molar-refractivity contribution >= 4 is 16.1 Å². The predicted molar refractivity (Wildman–Crippen MR) is 137 cm³/mol. The topological polar surface area (TPSA) is 63.7 Å². The van der Waals surface area contributed by atoms with Crippen LogP contribution in [-0.2, 0) is 22.6 Å². The van der Waals surface area contributed by atoms with E-state index < -0.39 is 27.4 Å². The fraction of sp³-hybridized carbons (Fsp3) is 0.321. The number of carbonyl (C=O) groups excluding carboxylic acids is 1. The van der Waals surface area contributed by atoms with Crippen molar-refractivity contribution in [2.75, 3.05) is 26.0 Å². The molecule has 38 heavy (non-hydrogen) atoms. The zero-order valence-corrected chi connectivity index (χ0v) is 21.9. The second kappa shape index (κ2) is 12.5. The summed E-state index contributed by atoms with van der Waals surface area (Å²) < 4.78 is 84.1. The van der Waals surface area contributed by atoms with E-state index in [1.54, 1.807) is 0 Å². The first-order valence-corrected chi connectivity index (χ1v) is 13.8. The predicted octanol–water partition coefficient (Wildman–Crippen LogP) is 6.14. The SMILES string of the molecule is CC(CN(CCCOc1ccc(C=O)c(S(C)(=O)=O)c1)Cc1cccc(C(F)(F)F)c1F)c1ccccc1. The average molecular weight is 552 g/mol. The zero-order valence-electron chi connectivity index (χ0n) is 21.0. The van der Waals surface area contributed by atoms with Gasteiger partial charge >= 0.3 is 6.18 Å². The van der Waals surface area contributed by atoms with Gasteiger partial charge < -0.3 is 4.74 Å². The molecule has 0 fully saturated rings. The summed E-state index contributed by atoms with van der Waals surface area (Å²) in [6.07, 6.45) is -2.90. The second-order valence-corrected chi connectivity index (χ2v) is 11.1. The van der Waals surface area contributed by atoms with Crippen LogP contribution < -0.4 is 4.74 Å². The summed E-state index contributed by atoms with van der Waals surface area (Å²) in [5, 5.41) is 0. The summed E-state index contributed by atoms with van der Waals surface area (Å²) in [4.78, 5) is 12.9. The standard InChI is InChI=1S/C28H29F4NO4S/c1-20(21-8-4-3-5-9-21)17-33(18-22-10-6-11-25(27(22)29)28(30,31)32)14-7-15-37-24-13-12-23(19-34)26(16-24)38(2,35)36/h3-6,8-13,16,19-20H,7,14-15,17-18H2,1-2H3. The Kier molecular flexibility index (Phi) is 9.67. The summed E-state index contributed by atoms with van der Waals surface area (Å²) in [5.41, 5.74) is -0.274. The Bertz CT molecular complexity index is 1340. The van der Waals surface area contributed by atoms with Crippen LogP contribution in [-0.4, -0.2) is 45.6 Å². The van der Waals surface area contributed by atoms with Gasteiger partial charge in [-0.05, 0) is 42.2 Å². The molecule has 204 valence electrons. The Morgan fingerprint density at radius 1 is 1.03 bits per heavy atom. The highest BCUT2D eigenvalue weighted by atomic mass is 32.2. The summed E-state index contributed by atoms with van der Waals surface area (Å²) in [5.74, 6) is -0.986. The van der Waals surface area contributed by atoms with E-state index in [4.69, 9.17) is 4.74 Å². The van der Waals surface area contributed by atoms with E-state index in [0.29, 0.717) is 25.8 Å². The number of alkyl halides is 3. The van der Waals surface area contributed by atoms with Crippen LogP contribution in [0.15, 0.2) is 71.6 Å². The number of hydrogen-bond donors (Lipinski definition) is 0. The quantitative estimate of drug-likeness (QED) is 0.154. The molecule has 0 aliphatic carbocycles. The first kappa shape index (κ1) is 29.3. The van der Waals surface area contributed by atoms with Crippen LogP contribution in [0.2, 0.25) is 0 Å². The van der Waals surface area contributed by atoms with Crippen LogP contribution in [0, 0.1) is 5.82 Å². The largest absolute Gasteiger partial charge is 0.494 e. The van der Waals surface area contributed by atoms with Crippen molar-refractivity contribution in [3.8, 4) is 5.75 Å². The monoisotopic (exact) mass is 551 g/mol. The number of nitrogens with zero attached hydrogens (tertiary/aromatic N) is 1. The third-order valence-corrected chi connectivity index (χ3v) is 7.23. The van der Waals surface area contributed by atoms with E-state index in [1.165, 1.54) is 30.3 Å². The molecular formula is C28H29F4NO4S. The molecule has 0 N–H and O–H groups in total. The van der Waals surface area contributed by atoms with Crippen LogP contribution in [0.25, 0.3) is 0 Å². The number of sulfone groups is 1. The van der Waals surface area contributed by atoms with Crippen molar-refractivity contribution < 1.29 is 35.5 Å². The summed E-state index contributed by atoms with van der Waals surface area (Å²) in [7, 11) is -3.64. The fourth-order valence-corrected chi connectivity index (χ4v) is 5.05. The fourth-order valence-electron chi connectivity index (χ4n) is 4.17. The van der Waals surface area contributed by atoms with Crippen LogP contribution in [0.4, 0.5) is 17.6 Å². The molecule has 0 bridgehead atoms. The average Bonchev–Trinajstić information content (AvgIpc) is 2.86. The van der Waals surface area contributed by atoms with E-state index in [-0.39, 0.29) is 40.8 Å². The maximum Gasteiger partial charge on any atom is 0.419 e. The lowest BCUT2D eigenvalue weighted by molar-refractivity contribution is -0.140. The number of hydrogen-bond acceptors (Lipinski definition) is 5. The Labute approximate surface area is 220 Å². The number of ether oxygens (including phenoxy) is 1. The minimum absolute atomic E-state index is 0.0270. The molecule has 10 heteroatoms. The molecule has 1 unspecified atom stereocenters. The maximum absolute atomic E-state index is 14.7. The van der Waals surface area contributed by atoms with Gasteiger partial charge in [0.1, 0.15) is 11.6 Å². The van der Waals surface area contributed by atoms with Gasteiger partial charge in [0.2, 0.25) is 0 Å². The summed E-state index contributed by atoms with van der Waals surface area (Å²) >= 11 is 0. The minimum Gasteiger partial charge on any atom is -0.494 e. The van der Waals surface area contributed by atoms with Crippen molar-refractivity contribution in [3.63, 3.8) is 0 Å². The molecule has 0 aliphatic rings. The van der Waals surface area contributed by atoms with Gasteiger partial charge in [-0.25, -0.2) is 12.8 Å². The molecular weight excluding hydrogens is 522 g/mol. The number of carbonyl (C=O) groups is 1. The van der Waals surface area contributed by atoms with Gasteiger partial charge in [0, 0.05) is 37.0 Å². The Morgan fingerprint density at radius 2 is 1.74 bits per heavy atom. The van der Waals surface area contributed by atoms with Gasteiger partial charge in [0.05, 0.1) is 17.1 Å². The lowest BCUT2D eigenvalue weighted by Gasteiger charge is -2.27. The molecule has 0 radical (unpaired) electrons. The first-order chi connectivity index (χ1) is 17.9. The maximum atomic E-state index is 14.7. The van der Waals surface area contributed by atoms with Crippen molar-refractivity contribution in [2.45, 2.75) is 36.9 Å². The van der Waals surface area contributed by atoms with Crippen molar-refractivity contribution in [3.05, 3.63) is 94.8 Å². The first-order valence-electron chi connectivity index (χ1n) is 11.9. The highest BCUT2D eigenvalue weighted by Crippen LogP contribution is 2.33. The third kappa shape index (κ3) is 7.88. The smallest absolute Gasteiger partial charge is 0.419 e. The molecule has 3 aromatic rings. The highest BCUT2D eigenvalue weighted by molar-refractivity contribution is 7.90. The van der Waals surface area contributed by atoms with Crippen molar-refractivity contribution in [1.29, 1.82) is 0 Å². The molecule has 0 amide bonds. The van der Waals surface area contributed by atoms with E-state index >= 15 is 0 Å². The third-order valence-electron chi connectivity index (χ3n) is 6.08. The van der Waals surface area contributed by atoms with Crippen LogP contribution in [0.1, 0.15) is 46.3 Å². The van der Waals surface area contributed by atoms with Crippen LogP contribution in [0.3, 0.4) is 0 Å². The molecule has 0 spiro atoms. The zero-order chi connectivity index (χ0) is 27.9. The van der Waals surface area contributed by atoms with Gasteiger partial charge in [-0.3, -0.25) is 9.69 Å². The Hall–Kier alpha value is -3.24. The van der Waals surface area contributed by atoms with E-state index in [0.717, 1.165) is 17.9 Å². The molecule has 0 aromatic heterocycles. The van der Waals surface area contributed by atoms with E-state index in [2.05, 4.69) is 0 Å². The van der Waals surface area contributed by atoms with Crippen molar-refractivity contribution in [1.82, 2.24) is 4.90 Å². The molecule has 5 nitrogen and oxygen atoms in total. The molecule has 0 saturated heterocycles. The number of benzene rings is 3. The van der Waals surface area contributed by atoms with E-state index in [9.17, 15) is 30.8 Å². The number of rotatable bonds is 12. The normalized spacial score (nSPS) is 12.9. The Balaban J connectivity index is 1.73. The molecule has 0 saturated carbocycles. The molecule has 3 rings (SSSR count). The van der Waals surface area contributed by atoms with Gasteiger partial charge in [0.15, 0.2) is 16.1 Å². The number of aldehydes is 1. The van der Waals surface area contributed by atoms with Crippen LogP contribution >= 0.6 is 0 Å². The molecule has 0 aliphatic heterocycles. The van der Waals surface area contributed by atoms with Gasteiger partial charge in [-0.1, -0.05) is 49.4 Å². The van der Waals surface area contributed by atoms with Gasteiger partial charge in [-0.2, -0.15) is 13.2 Å². The lowest BCUT2D eigenvalue weighted by Crippen LogP contribution is -2.30. The lowest BCUT2D eigenvalue weighted by atomic mass is 10.00.